The van der Waals surface area contributed by atoms with Gasteiger partial charge in [0.1, 0.15) is 17.1 Å². The van der Waals surface area contributed by atoms with Crippen molar-refractivity contribution in [3.63, 3.8) is 0 Å². The molecule has 0 aliphatic heterocycles. The van der Waals surface area contributed by atoms with Crippen molar-refractivity contribution in [1.82, 2.24) is 4.90 Å². The van der Waals surface area contributed by atoms with E-state index in [2.05, 4.69) is 13.8 Å². The van der Waals surface area contributed by atoms with Gasteiger partial charge in [0.15, 0.2) is 0 Å². The molecule has 0 atom stereocenters. The first kappa shape index (κ1) is 13.4. The van der Waals surface area contributed by atoms with Gasteiger partial charge in [-0.25, -0.2) is 0 Å². The fourth-order valence-electron chi connectivity index (χ4n) is 1.49. The van der Waals surface area contributed by atoms with Crippen LogP contribution in [0.3, 0.4) is 0 Å². The Bertz CT molecular complexity index is 381. The summed E-state index contributed by atoms with van der Waals surface area (Å²) in [6.07, 6.45) is 0.886. The van der Waals surface area contributed by atoms with Crippen LogP contribution >= 0.6 is 0 Å². The molecule has 17 heavy (non-hydrogen) atoms. The Kier molecular flexibility index (Phi) is 4.37. The zero-order chi connectivity index (χ0) is 13.0. The van der Waals surface area contributed by atoms with Gasteiger partial charge in [0.05, 0.1) is 0 Å². The Morgan fingerprint density at radius 2 is 1.82 bits per heavy atom. The van der Waals surface area contributed by atoms with Gasteiger partial charge in [-0.15, -0.1) is 0 Å². The molecule has 0 aliphatic carbocycles. The molecule has 0 unspecified atom stereocenters. The van der Waals surface area contributed by atoms with Crippen LogP contribution in [0, 0.1) is 5.92 Å². The molecule has 0 fully saturated rings. The minimum absolute atomic E-state index is 0.0289. The lowest BCUT2D eigenvalue weighted by Gasteiger charge is -2.19. The van der Waals surface area contributed by atoms with Gasteiger partial charge in [-0.1, -0.05) is 19.9 Å². The molecule has 2 N–H and O–H groups in total. The number of rotatable bonds is 4. The quantitative estimate of drug-likeness (QED) is 0.844. The molecule has 0 saturated heterocycles. The summed E-state index contributed by atoms with van der Waals surface area (Å²) < 4.78 is 0. The second kappa shape index (κ2) is 5.57. The van der Waals surface area contributed by atoms with E-state index in [0.717, 1.165) is 6.42 Å². The molecule has 0 spiro atoms. The summed E-state index contributed by atoms with van der Waals surface area (Å²) in [4.78, 5) is 13.5. The number of phenols is 2. The summed E-state index contributed by atoms with van der Waals surface area (Å²) in [6.45, 7) is 4.76. The van der Waals surface area contributed by atoms with E-state index >= 15 is 0 Å². The molecule has 1 amide bonds. The van der Waals surface area contributed by atoms with E-state index in [1.54, 1.807) is 7.05 Å². The molecular formula is C13H19NO3. The molecular weight excluding hydrogens is 218 g/mol. The number of amides is 1. The summed E-state index contributed by atoms with van der Waals surface area (Å²) in [7, 11) is 1.66. The second-order valence-electron chi connectivity index (χ2n) is 4.58. The first-order valence-electron chi connectivity index (χ1n) is 5.70. The summed E-state index contributed by atoms with van der Waals surface area (Å²) >= 11 is 0. The van der Waals surface area contributed by atoms with E-state index in [1.165, 1.54) is 23.1 Å². The highest BCUT2D eigenvalue weighted by Gasteiger charge is 2.19. The van der Waals surface area contributed by atoms with Crippen molar-refractivity contribution < 1.29 is 15.0 Å². The Hall–Kier alpha value is -1.71. The topological polar surface area (TPSA) is 60.8 Å². The number of nitrogens with zero attached hydrogens (tertiary/aromatic N) is 1. The largest absolute Gasteiger partial charge is 0.507 e. The number of aromatic hydroxyl groups is 2. The zero-order valence-corrected chi connectivity index (χ0v) is 10.5. The molecule has 94 valence electrons. The average Bonchev–Trinajstić information content (AvgIpc) is 2.25. The maximum absolute atomic E-state index is 12.0. The summed E-state index contributed by atoms with van der Waals surface area (Å²) in [5.74, 6) is -0.234. The van der Waals surface area contributed by atoms with Crippen LogP contribution in [0.1, 0.15) is 30.6 Å². The Balaban J connectivity index is 2.82. The van der Waals surface area contributed by atoms with Crippen molar-refractivity contribution >= 4 is 5.91 Å². The van der Waals surface area contributed by atoms with Gasteiger partial charge in [0.25, 0.3) is 5.91 Å². The van der Waals surface area contributed by atoms with E-state index in [4.69, 9.17) is 0 Å². The van der Waals surface area contributed by atoms with Crippen LogP contribution in [0.4, 0.5) is 0 Å². The number of carbonyl (C=O) groups excluding carboxylic acids is 1. The van der Waals surface area contributed by atoms with Crippen molar-refractivity contribution in [2.75, 3.05) is 13.6 Å². The van der Waals surface area contributed by atoms with Crippen LogP contribution < -0.4 is 0 Å². The molecule has 0 heterocycles. The average molecular weight is 237 g/mol. The fourth-order valence-corrected chi connectivity index (χ4v) is 1.49. The third-order valence-corrected chi connectivity index (χ3v) is 2.62. The molecule has 0 aromatic heterocycles. The lowest BCUT2D eigenvalue weighted by Crippen LogP contribution is -2.28. The van der Waals surface area contributed by atoms with E-state index in [-0.39, 0.29) is 23.0 Å². The molecule has 4 nitrogen and oxygen atoms in total. The number of carbonyl (C=O) groups is 1. The van der Waals surface area contributed by atoms with E-state index < -0.39 is 0 Å². The van der Waals surface area contributed by atoms with Crippen molar-refractivity contribution in [2.24, 2.45) is 5.92 Å². The molecule has 1 rings (SSSR count). The molecule has 0 aliphatic rings. The summed E-state index contributed by atoms with van der Waals surface area (Å²) in [5.41, 5.74) is -0.0289. The van der Waals surface area contributed by atoms with E-state index in [0.29, 0.717) is 12.5 Å². The SMILES string of the molecule is CC(C)CCN(C)C(=O)c1c(O)cccc1O. The van der Waals surface area contributed by atoms with Gasteiger partial charge in [0, 0.05) is 13.6 Å². The number of phenolic OH excluding ortho intramolecular Hbond substituents is 2. The summed E-state index contributed by atoms with van der Waals surface area (Å²) in [6, 6.07) is 4.28. The minimum atomic E-state index is -0.360. The minimum Gasteiger partial charge on any atom is -0.507 e. The lowest BCUT2D eigenvalue weighted by atomic mass is 10.1. The Labute approximate surface area is 101 Å². The van der Waals surface area contributed by atoms with Crippen molar-refractivity contribution in [3.8, 4) is 11.5 Å². The third kappa shape index (κ3) is 3.37. The lowest BCUT2D eigenvalue weighted by molar-refractivity contribution is 0.0783. The van der Waals surface area contributed by atoms with Crippen LogP contribution in [-0.4, -0.2) is 34.6 Å². The molecule has 0 bridgehead atoms. The van der Waals surface area contributed by atoms with E-state index in [1.807, 2.05) is 0 Å². The first-order valence-corrected chi connectivity index (χ1v) is 5.70. The molecule has 4 heteroatoms. The van der Waals surface area contributed by atoms with Crippen molar-refractivity contribution in [1.29, 1.82) is 0 Å². The molecule has 0 saturated carbocycles. The van der Waals surface area contributed by atoms with Crippen molar-refractivity contribution in [2.45, 2.75) is 20.3 Å². The summed E-state index contributed by atoms with van der Waals surface area (Å²) in [5, 5.41) is 19.2. The van der Waals surface area contributed by atoms with Crippen LogP contribution in [0.2, 0.25) is 0 Å². The highest BCUT2D eigenvalue weighted by atomic mass is 16.3. The van der Waals surface area contributed by atoms with E-state index in [9.17, 15) is 15.0 Å². The zero-order valence-electron chi connectivity index (χ0n) is 10.5. The highest BCUT2D eigenvalue weighted by Crippen LogP contribution is 2.27. The van der Waals surface area contributed by atoms with Crippen LogP contribution in [0.5, 0.6) is 11.5 Å². The van der Waals surface area contributed by atoms with Gasteiger partial charge in [-0.3, -0.25) is 4.79 Å². The maximum atomic E-state index is 12.0. The van der Waals surface area contributed by atoms with Gasteiger partial charge >= 0.3 is 0 Å². The first-order chi connectivity index (χ1) is 7.93. The fraction of sp³-hybridized carbons (Fsp3) is 0.462. The predicted molar refractivity (Wildman–Crippen MR) is 66.2 cm³/mol. The normalized spacial score (nSPS) is 10.6. The highest BCUT2D eigenvalue weighted by molar-refractivity contribution is 5.99. The molecule has 1 aromatic carbocycles. The maximum Gasteiger partial charge on any atom is 0.261 e. The van der Waals surface area contributed by atoms with Crippen LogP contribution in [-0.2, 0) is 0 Å². The van der Waals surface area contributed by atoms with Crippen LogP contribution in [0.25, 0.3) is 0 Å². The third-order valence-electron chi connectivity index (χ3n) is 2.62. The van der Waals surface area contributed by atoms with Gasteiger partial charge in [-0.2, -0.15) is 0 Å². The van der Waals surface area contributed by atoms with Crippen LogP contribution in [0.15, 0.2) is 18.2 Å². The monoisotopic (exact) mass is 237 g/mol. The number of hydrogen-bond acceptors (Lipinski definition) is 3. The van der Waals surface area contributed by atoms with Gasteiger partial charge in [-0.05, 0) is 24.5 Å². The Morgan fingerprint density at radius 3 is 2.29 bits per heavy atom. The Morgan fingerprint density at radius 1 is 1.29 bits per heavy atom. The number of benzene rings is 1. The van der Waals surface area contributed by atoms with Gasteiger partial charge < -0.3 is 15.1 Å². The molecule has 1 aromatic rings. The number of hydrogen-bond donors (Lipinski definition) is 2. The smallest absolute Gasteiger partial charge is 0.261 e. The predicted octanol–water partition coefficient (Wildman–Crippen LogP) is 2.22. The standard InChI is InChI=1S/C13H19NO3/c1-9(2)7-8-14(3)13(17)12-10(15)5-4-6-11(12)16/h4-6,9,15-16H,7-8H2,1-3H3. The van der Waals surface area contributed by atoms with Crippen molar-refractivity contribution in [3.05, 3.63) is 23.8 Å². The van der Waals surface area contributed by atoms with Gasteiger partial charge in [0.2, 0.25) is 0 Å². The molecule has 0 radical (unpaired) electrons. The second-order valence-corrected chi connectivity index (χ2v) is 4.58.